The number of pyridine rings is 1. The van der Waals surface area contributed by atoms with Crippen LogP contribution in [0.3, 0.4) is 0 Å². The molecule has 1 aromatic heterocycles. The second-order valence-corrected chi connectivity index (χ2v) is 4.53. The topological polar surface area (TPSA) is 59.1 Å². The molecule has 4 nitrogen and oxygen atoms in total. The molecule has 0 unspecified atom stereocenters. The molecule has 21 heavy (non-hydrogen) atoms. The van der Waals surface area contributed by atoms with Crippen LogP contribution in [0.15, 0.2) is 66.4 Å². The molecule has 0 atom stereocenters. The standard InChI is InChI=1S/C17H12N2O2/c20-15-13-10-5-11-18-16(13)19-17(21)14(15)9-4-8-12-6-2-1-3-7-12/h1-11H,(H,18,19,21)/b8-4+,14-9-. The van der Waals surface area contributed by atoms with Crippen molar-refractivity contribution in [2.45, 2.75) is 0 Å². The Bertz CT molecular complexity index is 761. The second kappa shape index (κ2) is 5.54. The number of nitrogens with zero attached hydrogens (tertiary/aromatic N) is 1. The molecule has 0 spiro atoms. The van der Waals surface area contributed by atoms with Crippen molar-refractivity contribution in [2.24, 2.45) is 0 Å². The van der Waals surface area contributed by atoms with E-state index in [1.54, 1.807) is 18.2 Å². The summed E-state index contributed by atoms with van der Waals surface area (Å²) in [6, 6.07) is 13.0. The highest BCUT2D eigenvalue weighted by atomic mass is 16.2. The quantitative estimate of drug-likeness (QED) is 0.677. The minimum atomic E-state index is -0.427. The molecule has 3 rings (SSSR count). The van der Waals surface area contributed by atoms with E-state index in [2.05, 4.69) is 10.3 Å². The maximum atomic E-state index is 12.3. The molecular formula is C17H12N2O2. The summed E-state index contributed by atoms with van der Waals surface area (Å²) in [7, 11) is 0. The molecular weight excluding hydrogens is 264 g/mol. The summed E-state index contributed by atoms with van der Waals surface area (Å²) in [5, 5.41) is 2.62. The third kappa shape index (κ3) is 2.65. The third-order valence-electron chi connectivity index (χ3n) is 3.12. The second-order valence-electron chi connectivity index (χ2n) is 4.53. The van der Waals surface area contributed by atoms with Gasteiger partial charge in [0.15, 0.2) is 0 Å². The molecule has 1 aliphatic heterocycles. The number of aromatic nitrogens is 1. The Morgan fingerprint density at radius 3 is 2.62 bits per heavy atom. The van der Waals surface area contributed by atoms with Gasteiger partial charge in [0, 0.05) is 6.20 Å². The zero-order chi connectivity index (χ0) is 14.7. The smallest absolute Gasteiger partial charge is 0.260 e. The maximum absolute atomic E-state index is 12.3. The average molecular weight is 276 g/mol. The number of anilines is 1. The lowest BCUT2D eigenvalue weighted by Crippen LogP contribution is -2.28. The van der Waals surface area contributed by atoms with Crippen molar-refractivity contribution >= 4 is 23.6 Å². The van der Waals surface area contributed by atoms with E-state index in [0.29, 0.717) is 11.4 Å². The molecule has 0 saturated heterocycles. The largest absolute Gasteiger partial charge is 0.306 e. The van der Waals surface area contributed by atoms with E-state index in [9.17, 15) is 9.59 Å². The number of benzene rings is 1. The van der Waals surface area contributed by atoms with Crippen molar-refractivity contribution in [2.75, 3.05) is 5.32 Å². The van der Waals surface area contributed by atoms with Crippen LogP contribution in [-0.4, -0.2) is 16.7 Å². The van der Waals surface area contributed by atoms with Crippen molar-refractivity contribution in [1.29, 1.82) is 0 Å². The highest BCUT2D eigenvalue weighted by Crippen LogP contribution is 2.22. The van der Waals surface area contributed by atoms with Crippen molar-refractivity contribution in [3.63, 3.8) is 0 Å². The number of fused-ring (bicyclic) bond motifs is 1. The Morgan fingerprint density at radius 2 is 1.81 bits per heavy atom. The first-order chi connectivity index (χ1) is 10.3. The number of Topliss-reactive ketones (excluding diaryl/α,β-unsaturated/α-hetero) is 1. The Labute approximate surface area is 121 Å². The molecule has 2 heterocycles. The fourth-order valence-electron chi connectivity index (χ4n) is 2.08. The summed E-state index contributed by atoms with van der Waals surface area (Å²) >= 11 is 0. The summed E-state index contributed by atoms with van der Waals surface area (Å²) in [5.74, 6) is -0.417. The number of hydrogen-bond donors (Lipinski definition) is 1. The fraction of sp³-hybridized carbons (Fsp3) is 0. The van der Waals surface area contributed by atoms with Crippen LogP contribution in [-0.2, 0) is 4.79 Å². The number of ketones is 1. The molecule has 1 amide bonds. The molecule has 0 fully saturated rings. The molecule has 4 heteroatoms. The molecule has 0 bridgehead atoms. The van der Waals surface area contributed by atoms with E-state index >= 15 is 0 Å². The third-order valence-corrected chi connectivity index (χ3v) is 3.12. The molecule has 1 N–H and O–H groups in total. The summed E-state index contributed by atoms with van der Waals surface area (Å²) in [6.45, 7) is 0. The number of nitrogens with one attached hydrogen (secondary N) is 1. The Balaban J connectivity index is 1.89. The molecule has 1 aliphatic rings. The zero-order valence-corrected chi connectivity index (χ0v) is 11.1. The van der Waals surface area contributed by atoms with E-state index in [1.807, 2.05) is 36.4 Å². The van der Waals surface area contributed by atoms with Gasteiger partial charge in [-0.25, -0.2) is 4.98 Å². The summed E-state index contributed by atoms with van der Waals surface area (Å²) in [5.41, 5.74) is 1.53. The molecule has 0 radical (unpaired) electrons. The molecule has 1 aromatic carbocycles. The van der Waals surface area contributed by atoms with Gasteiger partial charge < -0.3 is 5.32 Å². The van der Waals surface area contributed by atoms with Crippen molar-refractivity contribution in [3.05, 3.63) is 77.5 Å². The van der Waals surface area contributed by atoms with E-state index < -0.39 is 5.91 Å². The number of amides is 1. The van der Waals surface area contributed by atoms with Crippen LogP contribution in [0.5, 0.6) is 0 Å². The Kier molecular flexibility index (Phi) is 3.43. The van der Waals surface area contributed by atoms with Gasteiger partial charge in [0.25, 0.3) is 5.91 Å². The number of carbonyl (C=O) groups is 2. The van der Waals surface area contributed by atoms with Gasteiger partial charge in [-0.1, -0.05) is 42.5 Å². The van der Waals surface area contributed by atoms with Gasteiger partial charge in [0.1, 0.15) is 5.82 Å². The van der Waals surface area contributed by atoms with Crippen LogP contribution in [0.2, 0.25) is 0 Å². The summed E-state index contributed by atoms with van der Waals surface area (Å²) < 4.78 is 0. The van der Waals surface area contributed by atoms with E-state index in [4.69, 9.17) is 0 Å². The van der Waals surface area contributed by atoms with Gasteiger partial charge >= 0.3 is 0 Å². The Hall–Kier alpha value is -3.01. The van der Waals surface area contributed by atoms with Crippen LogP contribution >= 0.6 is 0 Å². The monoisotopic (exact) mass is 276 g/mol. The predicted octanol–water partition coefficient (Wildman–Crippen LogP) is 2.86. The van der Waals surface area contributed by atoms with Crippen LogP contribution in [0.1, 0.15) is 15.9 Å². The van der Waals surface area contributed by atoms with Gasteiger partial charge in [0.05, 0.1) is 11.1 Å². The van der Waals surface area contributed by atoms with Gasteiger partial charge in [0.2, 0.25) is 5.78 Å². The van der Waals surface area contributed by atoms with E-state index in [0.717, 1.165) is 5.56 Å². The Morgan fingerprint density at radius 1 is 1.00 bits per heavy atom. The summed E-state index contributed by atoms with van der Waals surface area (Å²) in [4.78, 5) is 28.2. The van der Waals surface area contributed by atoms with Crippen LogP contribution in [0.4, 0.5) is 5.82 Å². The first kappa shape index (κ1) is 13.0. The van der Waals surface area contributed by atoms with Gasteiger partial charge in [-0.05, 0) is 23.8 Å². The fourth-order valence-corrected chi connectivity index (χ4v) is 2.08. The van der Waals surface area contributed by atoms with Crippen LogP contribution in [0.25, 0.3) is 6.08 Å². The first-order valence-corrected chi connectivity index (χ1v) is 6.50. The molecule has 102 valence electrons. The number of carbonyl (C=O) groups excluding carboxylic acids is 2. The van der Waals surface area contributed by atoms with Crippen molar-refractivity contribution in [3.8, 4) is 0 Å². The van der Waals surface area contributed by atoms with Crippen molar-refractivity contribution in [1.82, 2.24) is 4.98 Å². The SMILES string of the molecule is O=C1Nc2ncccc2C(=O)/C1=C/C=C/c1ccccc1. The molecule has 0 saturated carbocycles. The lowest BCUT2D eigenvalue weighted by Gasteiger charge is -2.16. The van der Waals surface area contributed by atoms with Crippen LogP contribution < -0.4 is 5.32 Å². The van der Waals surface area contributed by atoms with E-state index in [1.165, 1.54) is 12.3 Å². The predicted molar refractivity (Wildman–Crippen MR) is 80.8 cm³/mol. The molecule has 0 aliphatic carbocycles. The number of allylic oxidation sites excluding steroid dienone is 2. The van der Waals surface area contributed by atoms with Crippen molar-refractivity contribution < 1.29 is 9.59 Å². The van der Waals surface area contributed by atoms with Gasteiger partial charge in [-0.2, -0.15) is 0 Å². The normalized spacial score (nSPS) is 16.1. The minimum absolute atomic E-state index is 0.114. The van der Waals surface area contributed by atoms with Gasteiger partial charge in [-0.15, -0.1) is 0 Å². The highest BCUT2D eigenvalue weighted by Gasteiger charge is 2.28. The van der Waals surface area contributed by atoms with Gasteiger partial charge in [-0.3, -0.25) is 9.59 Å². The first-order valence-electron chi connectivity index (χ1n) is 6.50. The molecule has 2 aromatic rings. The zero-order valence-electron chi connectivity index (χ0n) is 11.1. The van der Waals surface area contributed by atoms with Crippen LogP contribution in [0, 0.1) is 0 Å². The maximum Gasteiger partial charge on any atom is 0.260 e. The minimum Gasteiger partial charge on any atom is -0.306 e. The summed E-state index contributed by atoms with van der Waals surface area (Å²) in [6.07, 6.45) is 6.60. The lowest BCUT2D eigenvalue weighted by molar-refractivity contribution is -0.112. The average Bonchev–Trinajstić information content (AvgIpc) is 2.51. The highest BCUT2D eigenvalue weighted by molar-refractivity contribution is 6.33. The van der Waals surface area contributed by atoms with E-state index in [-0.39, 0.29) is 11.4 Å². The number of hydrogen-bond acceptors (Lipinski definition) is 3. The number of rotatable bonds is 2. The lowest BCUT2D eigenvalue weighted by atomic mass is 9.99.